The Kier molecular flexibility index (Phi) is 7.79. The lowest BCUT2D eigenvalue weighted by molar-refractivity contribution is 0.141. The molecule has 148 valence electrons. The Morgan fingerprint density at radius 2 is 1.78 bits per heavy atom. The quantitative estimate of drug-likeness (QED) is 0.398. The van der Waals surface area contributed by atoms with Crippen molar-refractivity contribution in [2.45, 2.75) is 45.1 Å². The summed E-state index contributed by atoms with van der Waals surface area (Å²) in [4.78, 5) is 5.21. The number of nitrogens with zero attached hydrogens (tertiary/aromatic N) is 2. The average molecular weight is 406 g/mol. The van der Waals surface area contributed by atoms with Crippen molar-refractivity contribution in [3.63, 3.8) is 0 Å². The molecular formula is C20H31N5S2. The number of thiocarbonyl (C=S) groups is 1. The van der Waals surface area contributed by atoms with Crippen LogP contribution in [0.2, 0.25) is 0 Å². The second-order valence-corrected chi connectivity index (χ2v) is 8.89. The summed E-state index contributed by atoms with van der Waals surface area (Å²) in [6, 6.07) is 9.24. The lowest BCUT2D eigenvalue weighted by Crippen LogP contribution is -2.46. The molecule has 3 N–H and O–H groups in total. The van der Waals surface area contributed by atoms with Crippen LogP contribution in [0.3, 0.4) is 0 Å². The molecular weight excluding hydrogens is 374 g/mol. The molecule has 0 bridgehead atoms. The predicted octanol–water partition coefficient (Wildman–Crippen LogP) is 4.12. The van der Waals surface area contributed by atoms with Crippen molar-refractivity contribution in [3.05, 3.63) is 24.3 Å². The second kappa shape index (κ2) is 10.3. The SMILES string of the molecule is CCSC(=N)NC(=S)Nc1ccc(N2CCC(N3CCCCC3)CC2)cc1. The zero-order valence-electron chi connectivity index (χ0n) is 16.2. The van der Waals surface area contributed by atoms with E-state index in [1.165, 1.54) is 62.6 Å². The summed E-state index contributed by atoms with van der Waals surface area (Å²) in [7, 11) is 0. The van der Waals surface area contributed by atoms with Gasteiger partial charge in [-0.25, -0.2) is 0 Å². The molecule has 2 heterocycles. The van der Waals surface area contributed by atoms with Gasteiger partial charge in [0.15, 0.2) is 10.3 Å². The number of rotatable bonds is 4. The van der Waals surface area contributed by atoms with Crippen LogP contribution in [0.4, 0.5) is 11.4 Å². The Morgan fingerprint density at radius 1 is 1.11 bits per heavy atom. The molecule has 2 aliphatic rings. The molecule has 0 atom stereocenters. The van der Waals surface area contributed by atoms with Crippen LogP contribution in [-0.2, 0) is 0 Å². The monoisotopic (exact) mass is 405 g/mol. The Balaban J connectivity index is 1.46. The molecule has 2 saturated heterocycles. The highest BCUT2D eigenvalue weighted by Gasteiger charge is 2.25. The van der Waals surface area contributed by atoms with Crippen LogP contribution in [0.1, 0.15) is 39.0 Å². The highest BCUT2D eigenvalue weighted by molar-refractivity contribution is 8.13. The van der Waals surface area contributed by atoms with Crippen LogP contribution < -0.4 is 15.5 Å². The largest absolute Gasteiger partial charge is 0.371 e. The lowest BCUT2D eigenvalue weighted by Gasteiger charge is -2.41. The van der Waals surface area contributed by atoms with Crippen molar-refractivity contribution in [3.8, 4) is 0 Å². The molecule has 27 heavy (non-hydrogen) atoms. The minimum Gasteiger partial charge on any atom is -0.371 e. The van der Waals surface area contributed by atoms with E-state index in [1.54, 1.807) is 0 Å². The summed E-state index contributed by atoms with van der Waals surface area (Å²) < 4.78 is 0. The van der Waals surface area contributed by atoms with E-state index < -0.39 is 0 Å². The zero-order chi connectivity index (χ0) is 19.1. The number of hydrogen-bond donors (Lipinski definition) is 3. The maximum atomic E-state index is 7.76. The number of nitrogens with one attached hydrogen (secondary N) is 3. The summed E-state index contributed by atoms with van der Waals surface area (Å²) in [5.74, 6) is 0.859. The van der Waals surface area contributed by atoms with Gasteiger partial charge in [-0.2, -0.15) is 0 Å². The molecule has 0 spiro atoms. The first-order chi connectivity index (χ1) is 13.2. The van der Waals surface area contributed by atoms with Gasteiger partial charge in [0.2, 0.25) is 0 Å². The van der Waals surface area contributed by atoms with Gasteiger partial charge in [0.1, 0.15) is 0 Å². The smallest absolute Gasteiger partial charge is 0.176 e. The van der Waals surface area contributed by atoms with E-state index in [0.29, 0.717) is 10.3 Å². The Bertz CT molecular complexity index is 620. The molecule has 0 aromatic heterocycles. The Labute approximate surface area is 172 Å². The second-order valence-electron chi connectivity index (χ2n) is 7.20. The van der Waals surface area contributed by atoms with E-state index in [-0.39, 0.29) is 0 Å². The first kappa shape index (κ1) is 20.4. The number of thioether (sulfide) groups is 1. The van der Waals surface area contributed by atoms with Gasteiger partial charge in [-0.05, 0) is 81.0 Å². The van der Waals surface area contributed by atoms with Crippen LogP contribution in [0, 0.1) is 5.41 Å². The van der Waals surface area contributed by atoms with Crippen molar-refractivity contribution in [2.75, 3.05) is 42.1 Å². The van der Waals surface area contributed by atoms with Gasteiger partial charge in [0.25, 0.3) is 0 Å². The Morgan fingerprint density at radius 3 is 2.41 bits per heavy atom. The number of anilines is 2. The molecule has 0 amide bonds. The third kappa shape index (κ3) is 6.09. The molecule has 2 aliphatic heterocycles. The molecule has 0 radical (unpaired) electrons. The number of hydrogen-bond acceptors (Lipinski definition) is 5. The summed E-state index contributed by atoms with van der Waals surface area (Å²) >= 11 is 6.70. The van der Waals surface area contributed by atoms with Gasteiger partial charge in [-0.3, -0.25) is 5.41 Å². The van der Waals surface area contributed by atoms with Crippen LogP contribution in [0.5, 0.6) is 0 Å². The molecule has 1 aromatic rings. The normalized spacial score (nSPS) is 18.9. The first-order valence-corrected chi connectivity index (χ1v) is 11.4. The van der Waals surface area contributed by atoms with Gasteiger partial charge < -0.3 is 20.4 Å². The number of amidine groups is 1. The van der Waals surface area contributed by atoms with Crippen LogP contribution in [0.15, 0.2) is 24.3 Å². The number of likely N-dealkylation sites (tertiary alicyclic amines) is 1. The molecule has 7 heteroatoms. The molecule has 1 aromatic carbocycles. The van der Waals surface area contributed by atoms with E-state index in [0.717, 1.165) is 30.6 Å². The fourth-order valence-corrected chi connectivity index (χ4v) is 4.72. The van der Waals surface area contributed by atoms with Crippen molar-refractivity contribution >= 4 is 45.6 Å². The first-order valence-electron chi connectivity index (χ1n) is 10.0. The maximum absolute atomic E-state index is 7.76. The third-order valence-electron chi connectivity index (χ3n) is 5.38. The summed E-state index contributed by atoms with van der Waals surface area (Å²) in [6.07, 6.45) is 6.70. The standard InChI is InChI=1S/C20H31N5S2/c1-2-27-19(21)23-20(26)22-16-6-8-17(9-7-16)25-14-10-18(11-15-25)24-12-4-3-5-13-24/h6-9,18H,2-5,10-15H2,1H3,(H3,21,22,23,26). The van der Waals surface area contributed by atoms with Crippen molar-refractivity contribution in [2.24, 2.45) is 0 Å². The summed E-state index contributed by atoms with van der Waals surface area (Å²) in [5.41, 5.74) is 2.24. The number of piperidine rings is 2. The highest BCUT2D eigenvalue weighted by Crippen LogP contribution is 2.25. The van der Waals surface area contributed by atoms with Crippen LogP contribution in [-0.4, -0.2) is 53.2 Å². The molecule has 0 saturated carbocycles. The molecule has 2 fully saturated rings. The molecule has 5 nitrogen and oxygen atoms in total. The topological polar surface area (TPSA) is 54.4 Å². The van der Waals surface area contributed by atoms with Crippen molar-refractivity contribution < 1.29 is 0 Å². The van der Waals surface area contributed by atoms with Gasteiger partial charge in [-0.1, -0.05) is 25.1 Å². The zero-order valence-corrected chi connectivity index (χ0v) is 17.8. The molecule has 3 rings (SSSR count). The fraction of sp³-hybridized carbons (Fsp3) is 0.600. The minimum atomic E-state index is 0.378. The predicted molar refractivity (Wildman–Crippen MR) is 122 cm³/mol. The van der Waals surface area contributed by atoms with Gasteiger partial charge in [0, 0.05) is 30.5 Å². The van der Waals surface area contributed by atoms with Gasteiger partial charge in [-0.15, -0.1) is 0 Å². The fourth-order valence-electron chi connectivity index (χ4n) is 3.97. The third-order valence-corrected chi connectivity index (χ3v) is 6.26. The van der Waals surface area contributed by atoms with Crippen molar-refractivity contribution in [1.29, 1.82) is 5.41 Å². The van der Waals surface area contributed by atoms with E-state index >= 15 is 0 Å². The summed E-state index contributed by atoms with van der Waals surface area (Å²) in [6.45, 7) is 6.89. The minimum absolute atomic E-state index is 0.378. The maximum Gasteiger partial charge on any atom is 0.176 e. The lowest BCUT2D eigenvalue weighted by atomic mass is 9.99. The van der Waals surface area contributed by atoms with Crippen LogP contribution in [0.25, 0.3) is 0 Å². The van der Waals surface area contributed by atoms with E-state index in [9.17, 15) is 0 Å². The summed E-state index contributed by atoms with van der Waals surface area (Å²) in [5, 5.41) is 14.7. The number of benzene rings is 1. The molecule has 0 aliphatic carbocycles. The van der Waals surface area contributed by atoms with Crippen LogP contribution >= 0.6 is 24.0 Å². The molecule has 0 unspecified atom stereocenters. The van der Waals surface area contributed by atoms with E-state index in [1.807, 2.05) is 6.92 Å². The van der Waals surface area contributed by atoms with E-state index in [4.69, 9.17) is 17.6 Å². The van der Waals surface area contributed by atoms with E-state index in [2.05, 4.69) is 44.7 Å². The van der Waals surface area contributed by atoms with Gasteiger partial charge >= 0.3 is 0 Å². The Hall–Kier alpha value is -1.31. The highest BCUT2D eigenvalue weighted by atomic mass is 32.2. The average Bonchev–Trinajstić information content (AvgIpc) is 2.69. The van der Waals surface area contributed by atoms with Gasteiger partial charge in [0.05, 0.1) is 0 Å². The van der Waals surface area contributed by atoms with Crippen molar-refractivity contribution in [1.82, 2.24) is 10.2 Å².